The highest BCUT2D eigenvalue weighted by atomic mass is 16.3. The molecule has 0 fully saturated rings. The molecule has 108 valence electrons. The molecule has 0 amide bonds. The second kappa shape index (κ2) is 8.81. The maximum atomic E-state index is 9.37. The second-order valence-electron chi connectivity index (χ2n) is 5.60. The third kappa shape index (κ3) is 7.06. The van der Waals surface area contributed by atoms with Gasteiger partial charge in [0.2, 0.25) is 0 Å². The molecule has 0 unspecified atom stereocenters. The zero-order chi connectivity index (χ0) is 14.1. The third-order valence-electron chi connectivity index (χ3n) is 3.25. The number of aromatic hydroxyl groups is 2. The molecule has 3 nitrogen and oxygen atoms in total. The molecule has 3 heteroatoms. The van der Waals surface area contributed by atoms with E-state index in [2.05, 4.69) is 19.2 Å². The Morgan fingerprint density at radius 3 is 2.42 bits per heavy atom. The van der Waals surface area contributed by atoms with Crippen molar-refractivity contribution in [1.29, 1.82) is 0 Å². The van der Waals surface area contributed by atoms with Gasteiger partial charge in [0.1, 0.15) is 0 Å². The molecule has 0 aromatic heterocycles. The van der Waals surface area contributed by atoms with Crippen molar-refractivity contribution in [3.05, 3.63) is 23.8 Å². The van der Waals surface area contributed by atoms with Crippen molar-refractivity contribution < 1.29 is 10.2 Å². The molecule has 0 aliphatic carbocycles. The van der Waals surface area contributed by atoms with E-state index in [9.17, 15) is 10.2 Å². The van der Waals surface area contributed by atoms with E-state index in [1.165, 1.54) is 38.2 Å². The average Bonchev–Trinajstić information content (AvgIpc) is 2.36. The molecule has 0 bridgehead atoms. The van der Waals surface area contributed by atoms with Gasteiger partial charge in [-0.2, -0.15) is 0 Å². The summed E-state index contributed by atoms with van der Waals surface area (Å²) in [5.74, 6) is 0.710. The normalized spacial score (nSPS) is 11.1. The van der Waals surface area contributed by atoms with Crippen molar-refractivity contribution in [3.8, 4) is 11.5 Å². The van der Waals surface area contributed by atoms with Crippen LogP contribution in [0.15, 0.2) is 18.2 Å². The summed E-state index contributed by atoms with van der Waals surface area (Å²) in [4.78, 5) is 0. The minimum absolute atomic E-state index is 0.0482. The van der Waals surface area contributed by atoms with E-state index in [0.717, 1.165) is 24.6 Å². The largest absolute Gasteiger partial charge is 0.504 e. The molecule has 3 N–H and O–H groups in total. The highest BCUT2D eigenvalue weighted by Crippen LogP contribution is 2.24. The molecule has 0 saturated carbocycles. The fourth-order valence-corrected chi connectivity index (χ4v) is 2.07. The SMILES string of the molecule is CC(C)CCCCCCNCc1ccc(O)c(O)c1. The van der Waals surface area contributed by atoms with Crippen LogP contribution in [-0.4, -0.2) is 16.8 Å². The second-order valence-corrected chi connectivity index (χ2v) is 5.60. The number of benzene rings is 1. The lowest BCUT2D eigenvalue weighted by Crippen LogP contribution is -2.14. The Morgan fingerprint density at radius 2 is 1.74 bits per heavy atom. The maximum absolute atomic E-state index is 9.37. The Labute approximate surface area is 116 Å². The molecular formula is C16H27NO2. The zero-order valence-corrected chi connectivity index (χ0v) is 12.2. The van der Waals surface area contributed by atoms with E-state index >= 15 is 0 Å². The molecule has 0 spiro atoms. The van der Waals surface area contributed by atoms with Crippen molar-refractivity contribution in [2.45, 2.75) is 52.5 Å². The van der Waals surface area contributed by atoms with E-state index in [-0.39, 0.29) is 11.5 Å². The summed E-state index contributed by atoms with van der Waals surface area (Å²) in [5.41, 5.74) is 0.995. The summed E-state index contributed by atoms with van der Waals surface area (Å²) >= 11 is 0. The summed E-state index contributed by atoms with van der Waals surface area (Å²) in [6.07, 6.45) is 6.46. The smallest absolute Gasteiger partial charge is 0.157 e. The standard InChI is InChI=1S/C16H27NO2/c1-13(2)7-5-3-4-6-10-17-12-14-8-9-15(18)16(19)11-14/h8-9,11,13,17-19H,3-7,10,12H2,1-2H3. The number of phenols is 2. The van der Waals surface area contributed by atoms with Gasteiger partial charge in [-0.15, -0.1) is 0 Å². The minimum Gasteiger partial charge on any atom is -0.504 e. The number of rotatable bonds is 9. The molecule has 1 rings (SSSR count). The molecule has 0 aliphatic rings. The Bertz CT molecular complexity index is 364. The predicted octanol–water partition coefficient (Wildman–Crippen LogP) is 3.79. The highest BCUT2D eigenvalue weighted by Gasteiger charge is 2.00. The van der Waals surface area contributed by atoms with Gasteiger partial charge in [-0.05, 0) is 36.6 Å². The van der Waals surface area contributed by atoms with Crippen LogP contribution < -0.4 is 5.32 Å². The summed E-state index contributed by atoms with van der Waals surface area (Å²) in [6.45, 7) is 6.28. The first kappa shape index (κ1) is 15.8. The van der Waals surface area contributed by atoms with Crippen LogP contribution in [0, 0.1) is 5.92 Å². The van der Waals surface area contributed by atoms with Gasteiger partial charge < -0.3 is 15.5 Å². The average molecular weight is 265 g/mol. The lowest BCUT2D eigenvalue weighted by molar-refractivity contribution is 0.403. The Hall–Kier alpha value is -1.22. The zero-order valence-electron chi connectivity index (χ0n) is 12.2. The van der Waals surface area contributed by atoms with Crippen molar-refractivity contribution in [3.63, 3.8) is 0 Å². The molecule has 1 aromatic rings. The summed E-state index contributed by atoms with van der Waals surface area (Å²) < 4.78 is 0. The fraction of sp³-hybridized carbons (Fsp3) is 0.625. The first-order chi connectivity index (χ1) is 9.09. The van der Waals surface area contributed by atoms with E-state index in [1.807, 2.05) is 6.07 Å². The lowest BCUT2D eigenvalue weighted by Gasteiger charge is -2.07. The van der Waals surface area contributed by atoms with Crippen LogP contribution in [0.3, 0.4) is 0 Å². The molecule has 0 atom stereocenters. The lowest BCUT2D eigenvalue weighted by atomic mass is 10.0. The summed E-state index contributed by atoms with van der Waals surface area (Å²) in [7, 11) is 0. The van der Waals surface area contributed by atoms with Crippen molar-refractivity contribution >= 4 is 0 Å². The molecule has 1 aromatic carbocycles. The van der Waals surface area contributed by atoms with Crippen LogP contribution in [-0.2, 0) is 6.54 Å². The van der Waals surface area contributed by atoms with Gasteiger partial charge in [0.25, 0.3) is 0 Å². The Morgan fingerprint density at radius 1 is 1.00 bits per heavy atom. The molecular weight excluding hydrogens is 238 g/mol. The number of phenolic OH excluding ortho intramolecular Hbond substituents is 2. The van der Waals surface area contributed by atoms with Crippen LogP contribution in [0.25, 0.3) is 0 Å². The van der Waals surface area contributed by atoms with Crippen molar-refractivity contribution in [1.82, 2.24) is 5.32 Å². The topological polar surface area (TPSA) is 52.5 Å². The number of hydrogen-bond donors (Lipinski definition) is 3. The van der Waals surface area contributed by atoms with Crippen LogP contribution >= 0.6 is 0 Å². The summed E-state index contributed by atoms with van der Waals surface area (Å²) in [6, 6.07) is 4.95. The van der Waals surface area contributed by atoms with Gasteiger partial charge in [0.15, 0.2) is 11.5 Å². The van der Waals surface area contributed by atoms with Crippen LogP contribution in [0.4, 0.5) is 0 Å². The monoisotopic (exact) mass is 265 g/mol. The molecule has 19 heavy (non-hydrogen) atoms. The molecule has 0 saturated heterocycles. The Kier molecular flexibility index (Phi) is 7.34. The van der Waals surface area contributed by atoms with Gasteiger partial charge in [-0.1, -0.05) is 45.6 Å². The minimum atomic E-state index is -0.0612. The van der Waals surface area contributed by atoms with Gasteiger partial charge in [-0.25, -0.2) is 0 Å². The fourth-order valence-electron chi connectivity index (χ4n) is 2.07. The first-order valence-corrected chi connectivity index (χ1v) is 7.31. The quantitative estimate of drug-likeness (QED) is 0.470. The summed E-state index contributed by atoms with van der Waals surface area (Å²) in [5, 5.41) is 21.9. The van der Waals surface area contributed by atoms with Gasteiger partial charge in [-0.3, -0.25) is 0 Å². The number of unbranched alkanes of at least 4 members (excludes halogenated alkanes) is 3. The van der Waals surface area contributed by atoms with Crippen LogP contribution in [0.5, 0.6) is 11.5 Å². The van der Waals surface area contributed by atoms with E-state index in [0.29, 0.717) is 0 Å². The number of hydrogen-bond acceptors (Lipinski definition) is 3. The highest BCUT2D eigenvalue weighted by molar-refractivity contribution is 5.40. The number of nitrogens with one attached hydrogen (secondary N) is 1. The van der Waals surface area contributed by atoms with Gasteiger partial charge >= 0.3 is 0 Å². The van der Waals surface area contributed by atoms with Crippen LogP contribution in [0.2, 0.25) is 0 Å². The van der Waals surface area contributed by atoms with Gasteiger partial charge in [0.05, 0.1) is 0 Å². The molecule has 0 aliphatic heterocycles. The van der Waals surface area contributed by atoms with E-state index in [4.69, 9.17) is 0 Å². The maximum Gasteiger partial charge on any atom is 0.157 e. The molecule has 0 radical (unpaired) electrons. The third-order valence-corrected chi connectivity index (χ3v) is 3.25. The van der Waals surface area contributed by atoms with Crippen molar-refractivity contribution in [2.24, 2.45) is 5.92 Å². The van der Waals surface area contributed by atoms with Gasteiger partial charge in [0, 0.05) is 6.54 Å². The Balaban J connectivity index is 2.03. The van der Waals surface area contributed by atoms with E-state index < -0.39 is 0 Å². The first-order valence-electron chi connectivity index (χ1n) is 7.31. The van der Waals surface area contributed by atoms with Crippen LogP contribution in [0.1, 0.15) is 51.5 Å². The van der Waals surface area contributed by atoms with E-state index in [1.54, 1.807) is 6.07 Å². The van der Waals surface area contributed by atoms with Crippen molar-refractivity contribution in [2.75, 3.05) is 6.54 Å². The molecule has 0 heterocycles. The predicted molar refractivity (Wildman–Crippen MR) is 79.4 cm³/mol.